The molecule has 0 spiro atoms. The van der Waals surface area contributed by atoms with Gasteiger partial charge in [0.05, 0.1) is 23.9 Å². The Morgan fingerprint density at radius 1 is 1.24 bits per heavy atom. The zero-order chi connectivity index (χ0) is 23.4. The van der Waals surface area contributed by atoms with Crippen LogP contribution in [-0.4, -0.2) is 61.9 Å². The molecule has 3 aliphatic rings. The average molecular weight is 480 g/mol. The predicted octanol–water partition coefficient (Wildman–Crippen LogP) is 2.41. The fraction of sp³-hybridized carbons (Fsp3) is 0.440. The van der Waals surface area contributed by atoms with E-state index in [1.807, 2.05) is 19.9 Å². The lowest BCUT2D eigenvalue weighted by molar-refractivity contribution is -0.0484. The molecule has 3 atom stereocenters. The van der Waals surface area contributed by atoms with Crippen LogP contribution < -0.4 is 26.0 Å². The molecule has 4 N–H and O–H groups in total. The number of nitrogens with two attached hydrogens (primary N) is 1. The minimum atomic E-state index is -0.167. The Kier molecular flexibility index (Phi) is 5.35. The van der Waals surface area contributed by atoms with Crippen molar-refractivity contribution < 1.29 is 14.3 Å². The molecule has 2 aromatic heterocycles. The van der Waals surface area contributed by atoms with Crippen LogP contribution in [0.2, 0.25) is 0 Å². The van der Waals surface area contributed by atoms with Gasteiger partial charge in [-0.1, -0.05) is 6.07 Å². The van der Waals surface area contributed by atoms with Crippen molar-refractivity contribution >= 4 is 38.8 Å². The first-order valence-electron chi connectivity index (χ1n) is 11.8. The molecular formula is C25H29N5O3S. The number of anilines is 2. The van der Waals surface area contributed by atoms with Crippen LogP contribution in [0.5, 0.6) is 5.75 Å². The fourth-order valence-electron chi connectivity index (χ4n) is 5.30. The minimum absolute atomic E-state index is 0.111. The number of fused-ring (bicyclic) bond motifs is 4. The smallest absolute Gasteiger partial charge is 0.263 e. The van der Waals surface area contributed by atoms with Crippen molar-refractivity contribution in [1.82, 2.24) is 15.6 Å². The van der Waals surface area contributed by atoms with E-state index in [1.54, 1.807) is 0 Å². The molecule has 9 heteroatoms. The van der Waals surface area contributed by atoms with Gasteiger partial charge in [-0.05, 0) is 43.5 Å². The van der Waals surface area contributed by atoms with Gasteiger partial charge in [0.2, 0.25) is 0 Å². The van der Waals surface area contributed by atoms with E-state index in [2.05, 4.69) is 38.7 Å². The summed E-state index contributed by atoms with van der Waals surface area (Å²) in [7, 11) is 0. The summed E-state index contributed by atoms with van der Waals surface area (Å²) in [6.45, 7) is 7.94. The molecule has 3 aromatic rings. The number of carbonyl (C=O) groups excluding carboxylic acids is 1. The Hall–Kier alpha value is -2.88. The molecule has 0 saturated carbocycles. The summed E-state index contributed by atoms with van der Waals surface area (Å²) in [5, 5.41) is 7.43. The second kappa shape index (κ2) is 8.41. The third-order valence-electron chi connectivity index (χ3n) is 6.86. The van der Waals surface area contributed by atoms with Crippen LogP contribution in [-0.2, 0) is 11.2 Å². The monoisotopic (exact) mass is 479 g/mol. The van der Waals surface area contributed by atoms with Crippen molar-refractivity contribution in [2.75, 3.05) is 43.4 Å². The number of carbonyl (C=O) groups is 1. The molecule has 1 amide bonds. The number of benzene rings is 1. The van der Waals surface area contributed by atoms with E-state index in [-0.39, 0.29) is 24.2 Å². The van der Waals surface area contributed by atoms with Gasteiger partial charge in [0.25, 0.3) is 5.91 Å². The quantitative estimate of drug-likeness (QED) is 0.530. The van der Waals surface area contributed by atoms with E-state index in [4.69, 9.17) is 15.2 Å². The Morgan fingerprint density at radius 3 is 2.82 bits per heavy atom. The standard InChI is InChI=1S/C25H29N5O3S/c1-13-5-14(2)28-25-21(13)22(26)23(34-25)24(31)29-16-6-15-3-4-17(7-20(15)32-12-16)30-10-18-8-27-9-19(11-30)33-18/h3-5,7,16,18-19,27H,6,8-12,26H2,1-2H3,(H,29,31)/t16-,18?,19?/m1/s1. The first-order valence-corrected chi connectivity index (χ1v) is 12.6. The maximum atomic E-state index is 13.1. The fourth-order valence-corrected chi connectivity index (χ4v) is 6.42. The number of ether oxygens (including phenoxy) is 2. The van der Waals surface area contributed by atoms with E-state index in [0.29, 0.717) is 17.2 Å². The molecule has 34 heavy (non-hydrogen) atoms. The molecule has 1 aromatic carbocycles. The van der Waals surface area contributed by atoms with Gasteiger partial charge in [0.1, 0.15) is 22.1 Å². The lowest BCUT2D eigenvalue weighted by Crippen LogP contribution is -2.58. The summed E-state index contributed by atoms with van der Waals surface area (Å²) < 4.78 is 12.1. The van der Waals surface area contributed by atoms with Gasteiger partial charge in [-0.2, -0.15) is 0 Å². The van der Waals surface area contributed by atoms with Crippen molar-refractivity contribution in [2.24, 2.45) is 0 Å². The van der Waals surface area contributed by atoms with Crippen molar-refractivity contribution in [3.05, 3.63) is 46.0 Å². The molecule has 178 valence electrons. The summed E-state index contributed by atoms with van der Waals surface area (Å²) in [5.74, 6) is 0.731. The zero-order valence-corrected chi connectivity index (χ0v) is 20.2. The van der Waals surface area contributed by atoms with Gasteiger partial charge in [0.15, 0.2) is 0 Å². The van der Waals surface area contributed by atoms with Crippen molar-refractivity contribution in [1.29, 1.82) is 0 Å². The summed E-state index contributed by atoms with van der Waals surface area (Å²) >= 11 is 1.35. The van der Waals surface area contributed by atoms with Crippen molar-refractivity contribution in [3.63, 3.8) is 0 Å². The number of hydrogen-bond acceptors (Lipinski definition) is 8. The van der Waals surface area contributed by atoms with Crippen molar-refractivity contribution in [2.45, 2.75) is 38.5 Å². The van der Waals surface area contributed by atoms with Gasteiger partial charge in [-0.25, -0.2) is 4.98 Å². The van der Waals surface area contributed by atoms with Gasteiger partial charge >= 0.3 is 0 Å². The Balaban J connectivity index is 1.16. The highest BCUT2D eigenvalue weighted by molar-refractivity contribution is 7.21. The minimum Gasteiger partial charge on any atom is -0.491 e. The highest BCUT2D eigenvalue weighted by Gasteiger charge is 2.32. The van der Waals surface area contributed by atoms with E-state index < -0.39 is 0 Å². The van der Waals surface area contributed by atoms with Crippen LogP contribution in [0, 0.1) is 13.8 Å². The average Bonchev–Trinajstić information content (AvgIpc) is 3.14. The number of aromatic nitrogens is 1. The van der Waals surface area contributed by atoms with Crippen LogP contribution in [0.4, 0.5) is 11.4 Å². The second-order valence-electron chi connectivity index (χ2n) is 9.53. The van der Waals surface area contributed by atoms with Crippen LogP contribution in [0.1, 0.15) is 26.5 Å². The highest BCUT2D eigenvalue weighted by atomic mass is 32.1. The van der Waals surface area contributed by atoms with E-state index in [9.17, 15) is 4.79 Å². The summed E-state index contributed by atoms with van der Waals surface area (Å²) in [5.41, 5.74) is 11.1. The highest BCUT2D eigenvalue weighted by Crippen LogP contribution is 2.36. The molecule has 6 rings (SSSR count). The van der Waals surface area contributed by atoms with E-state index >= 15 is 0 Å². The normalized spacial score (nSPS) is 23.9. The Labute approximate surface area is 202 Å². The largest absolute Gasteiger partial charge is 0.491 e. The first-order chi connectivity index (χ1) is 16.4. The molecule has 2 unspecified atom stereocenters. The topological polar surface area (TPSA) is 102 Å². The molecular weight excluding hydrogens is 450 g/mol. The number of nitrogen functional groups attached to an aromatic ring is 1. The lowest BCUT2D eigenvalue weighted by atomic mass is 10.0. The molecule has 2 bridgehead atoms. The van der Waals surface area contributed by atoms with Crippen LogP contribution >= 0.6 is 11.3 Å². The molecule has 0 aliphatic carbocycles. The second-order valence-corrected chi connectivity index (χ2v) is 10.5. The van der Waals surface area contributed by atoms with Crippen LogP contribution in [0.25, 0.3) is 10.2 Å². The Morgan fingerprint density at radius 2 is 2.03 bits per heavy atom. The van der Waals surface area contributed by atoms with E-state index in [0.717, 1.165) is 71.1 Å². The maximum Gasteiger partial charge on any atom is 0.263 e. The number of thiophene rings is 1. The van der Waals surface area contributed by atoms with E-state index in [1.165, 1.54) is 11.3 Å². The summed E-state index contributed by atoms with van der Waals surface area (Å²) in [4.78, 5) is 21.4. The Bertz CT molecular complexity index is 1260. The van der Waals surface area contributed by atoms with Crippen LogP contribution in [0.15, 0.2) is 24.3 Å². The van der Waals surface area contributed by atoms with Crippen LogP contribution in [0.3, 0.4) is 0 Å². The van der Waals surface area contributed by atoms with Gasteiger partial charge in [-0.3, -0.25) is 4.79 Å². The number of hydrogen-bond donors (Lipinski definition) is 3. The molecule has 3 aliphatic heterocycles. The number of morpholine rings is 2. The molecule has 2 fully saturated rings. The first kappa shape index (κ1) is 21.6. The van der Waals surface area contributed by atoms with Crippen molar-refractivity contribution in [3.8, 4) is 5.75 Å². The number of amides is 1. The summed E-state index contributed by atoms with van der Waals surface area (Å²) in [6, 6.07) is 8.29. The lowest BCUT2D eigenvalue weighted by Gasteiger charge is -2.43. The molecule has 5 heterocycles. The summed E-state index contributed by atoms with van der Waals surface area (Å²) in [6.07, 6.45) is 1.18. The van der Waals surface area contributed by atoms with Gasteiger partial charge < -0.3 is 30.7 Å². The molecule has 0 radical (unpaired) electrons. The van der Waals surface area contributed by atoms with Gasteiger partial charge in [-0.15, -0.1) is 11.3 Å². The number of rotatable bonds is 3. The third kappa shape index (κ3) is 3.87. The number of aryl methyl sites for hydroxylation is 2. The van der Waals surface area contributed by atoms with Gasteiger partial charge in [0, 0.05) is 49.0 Å². The number of nitrogens with zero attached hydrogens (tertiary/aromatic N) is 2. The third-order valence-corrected chi connectivity index (χ3v) is 7.96. The number of nitrogens with one attached hydrogen (secondary N) is 2. The SMILES string of the molecule is Cc1cc(C)c2c(N)c(C(=O)N[C@H]3COc4cc(N5CC6CNCC(C5)O6)ccc4C3)sc2n1. The number of pyridine rings is 1. The molecule has 2 saturated heterocycles. The molecule has 8 nitrogen and oxygen atoms in total. The predicted molar refractivity (Wildman–Crippen MR) is 134 cm³/mol. The maximum absolute atomic E-state index is 13.1. The zero-order valence-electron chi connectivity index (χ0n) is 19.4.